The summed E-state index contributed by atoms with van der Waals surface area (Å²) >= 11 is 0. The molecule has 12 unspecified atom stereocenters. The molecule has 360 valence electrons. The molecule has 14 heteroatoms. The fraction of sp³-hybridized carbons (Fsp3) is 0.812. The van der Waals surface area contributed by atoms with Gasteiger partial charge in [-0.3, -0.25) is 4.79 Å². The van der Waals surface area contributed by atoms with Crippen molar-refractivity contribution in [3.63, 3.8) is 0 Å². The molecule has 0 aromatic rings. The largest absolute Gasteiger partial charge is 0.394 e. The molecule has 12 atom stereocenters. The summed E-state index contributed by atoms with van der Waals surface area (Å²) in [4.78, 5) is 13.1. The number of amides is 1. The van der Waals surface area contributed by atoms with E-state index in [1.165, 1.54) is 70.6 Å². The number of hydrogen-bond acceptors (Lipinski definition) is 13. The lowest BCUT2D eigenvalue weighted by Gasteiger charge is -2.46. The molecule has 2 saturated heterocycles. The summed E-state index contributed by atoms with van der Waals surface area (Å²) in [6.45, 7) is 2.62. The molecule has 2 rings (SSSR count). The zero-order chi connectivity index (χ0) is 45.4. The predicted octanol–water partition coefficient (Wildman–Crippen LogP) is 5.32. The van der Waals surface area contributed by atoms with E-state index in [-0.39, 0.29) is 18.9 Å². The Hall–Kier alpha value is -2.05. The van der Waals surface area contributed by atoms with E-state index in [9.17, 15) is 45.6 Å². The minimum absolute atomic E-state index is 0.244. The number of unbranched alkanes of at least 4 members (excludes halogenated alkanes) is 16. The van der Waals surface area contributed by atoms with E-state index in [0.29, 0.717) is 6.42 Å². The molecule has 2 aliphatic rings. The lowest BCUT2D eigenvalue weighted by atomic mass is 9.97. The standard InChI is InChI=1S/C48H85NO13/c1-3-5-7-9-11-13-15-17-18-20-21-23-25-27-29-31-37(52)36(49-40(53)32-30-28-26-24-22-19-16-14-12-10-8-6-4-2)35-59-47-45(58)43(56)46(39(34-51)61-47)62-48-44(57)42(55)41(54)38(33-50)60-48/h6,8,12,14,19,22,29,31,36-39,41-48,50-52,54-58H,3-5,7,9-11,13,15-18,20-21,23-28,30,32-35H2,1-2H3,(H,49,53)/b8-6-,14-12-,22-19-,31-29+. The number of nitrogens with one attached hydrogen (secondary N) is 1. The first-order valence-corrected chi connectivity index (χ1v) is 23.9. The van der Waals surface area contributed by atoms with E-state index < -0.39 is 86.8 Å². The molecule has 0 aromatic heterocycles. The third kappa shape index (κ3) is 22.7. The molecule has 1 amide bonds. The fourth-order valence-electron chi connectivity index (χ4n) is 7.60. The van der Waals surface area contributed by atoms with Crippen LogP contribution in [0.3, 0.4) is 0 Å². The van der Waals surface area contributed by atoms with Gasteiger partial charge in [-0.05, 0) is 51.4 Å². The monoisotopic (exact) mass is 884 g/mol. The average Bonchev–Trinajstić information content (AvgIpc) is 3.27. The van der Waals surface area contributed by atoms with E-state index in [2.05, 4.69) is 55.6 Å². The van der Waals surface area contributed by atoms with Crippen molar-refractivity contribution >= 4 is 5.91 Å². The summed E-state index contributed by atoms with van der Waals surface area (Å²) in [7, 11) is 0. The number of aliphatic hydroxyl groups excluding tert-OH is 8. The van der Waals surface area contributed by atoms with Gasteiger partial charge in [0.15, 0.2) is 12.6 Å². The lowest BCUT2D eigenvalue weighted by Crippen LogP contribution is -2.65. The molecule has 0 aliphatic carbocycles. The Bertz CT molecular complexity index is 1230. The highest BCUT2D eigenvalue weighted by atomic mass is 16.7. The van der Waals surface area contributed by atoms with E-state index in [0.717, 1.165) is 57.8 Å². The van der Waals surface area contributed by atoms with Crippen LogP contribution < -0.4 is 5.32 Å². The summed E-state index contributed by atoms with van der Waals surface area (Å²) < 4.78 is 22.6. The Morgan fingerprint density at radius 1 is 0.597 bits per heavy atom. The molecule has 0 bridgehead atoms. The Morgan fingerprint density at radius 2 is 1.11 bits per heavy atom. The van der Waals surface area contributed by atoms with Crippen LogP contribution in [0.4, 0.5) is 0 Å². The van der Waals surface area contributed by atoms with E-state index >= 15 is 0 Å². The number of hydrogen-bond donors (Lipinski definition) is 9. The van der Waals surface area contributed by atoms with Crippen LogP contribution in [0.5, 0.6) is 0 Å². The first-order chi connectivity index (χ1) is 30.1. The number of aliphatic hydroxyl groups is 8. The van der Waals surface area contributed by atoms with Crippen molar-refractivity contribution in [3.8, 4) is 0 Å². The molecule has 0 radical (unpaired) electrons. The molecule has 2 fully saturated rings. The van der Waals surface area contributed by atoms with Crippen LogP contribution in [0.25, 0.3) is 0 Å². The average molecular weight is 884 g/mol. The van der Waals surface area contributed by atoms with Gasteiger partial charge < -0.3 is 65.1 Å². The zero-order valence-corrected chi connectivity index (χ0v) is 37.8. The number of carbonyl (C=O) groups excluding carboxylic acids is 1. The Labute approximate surface area is 372 Å². The molecule has 2 aliphatic heterocycles. The van der Waals surface area contributed by atoms with Gasteiger partial charge in [0.1, 0.15) is 48.8 Å². The minimum Gasteiger partial charge on any atom is -0.394 e. The summed E-state index contributed by atoms with van der Waals surface area (Å²) in [5, 5.41) is 86.5. The van der Waals surface area contributed by atoms with E-state index in [4.69, 9.17) is 18.9 Å². The Morgan fingerprint density at radius 3 is 1.71 bits per heavy atom. The molecule has 62 heavy (non-hydrogen) atoms. The molecular weight excluding hydrogens is 799 g/mol. The topological polar surface area (TPSA) is 228 Å². The van der Waals surface area contributed by atoms with E-state index in [1.54, 1.807) is 6.08 Å². The zero-order valence-electron chi connectivity index (χ0n) is 37.8. The van der Waals surface area contributed by atoms with Crippen LogP contribution in [-0.2, 0) is 23.7 Å². The maximum Gasteiger partial charge on any atom is 0.220 e. The highest BCUT2D eigenvalue weighted by Gasteiger charge is 2.51. The normalized spacial score (nSPS) is 28.2. The molecule has 0 aromatic carbocycles. The SMILES string of the molecule is CC/C=C\C/C=C\C/C=C\CCCCCC(=O)NC(COC1OC(CO)C(OC2OC(CO)C(O)C(O)C2O)C(O)C1O)C(O)/C=C/CCCCCCCCCCCCCCC. The lowest BCUT2D eigenvalue weighted by molar-refractivity contribution is -0.359. The van der Waals surface area contributed by atoms with Crippen molar-refractivity contribution in [1.29, 1.82) is 0 Å². The Balaban J connectivity index is 1.90. The van der Waals surface area contributed by atoms with Gasteiger partial charge in [-0.1, -0.05) is 146 Å². The second-order valence-electron chi connectivity index (χ2n) is 16.9. The molecule has 14 nitrogen and oxygen atoms in total. The van der Waals surface area contributed by atoms with Crippen LogP contribution in [-0.4, -0.2) is 140 Å². The third-order valence-corrected chi connectivity index (χ3v) is 11.5. The maximum absolute atomic E-state index is 13.1. The second-order valence-corrected chi connectivity index (χ2v) is 16.9. The predicted molar refractivity (Wildman–Crippen MR) is 240 cm³/mol. The van der Waals surface area contributed by atoms with Gasteiger partial charge in [-0.15, -0.1) is 0 Å². The van der Waals surface area contributed by atoms with Crippen molar-refractivity contribution in [2.45, 2.75) is 229 Å². The van der Waals surface area contributed by atoms with Gasteiger partial charge in [0.25, 0.3) is 0 Å². The molecular formula is C48H85NO13. The third-order valence-electron chi connectivity index (χ3n) is 11.5. The Kier molecular flexibility index (Phi) is 31.9. The van der Waals surface area contributed by atoms with Crippen molar-refractivity contribution in [2.24, 2.45) is 0 Å². The van der Waals surface area contributed by atoms with Gasteiger partial charge in [-0.2, -0.15) is 0 Å². The number of carbonyl (C=O) groups is 1. The van der Waals surface area contributed by atoms with Crippen molar-refractivity contribution in [1.82, 2.24) is 5.32 Å². The highest BCUT2D eigenvalue weighted by molar-refractivity contribution is 5.76. The quantitative estimate of drug-likeness (QED) is 0.0291. The molecule has 2 heterocycles. The van der Waals surface area contributed by atoms with Crippen LogP contribution in [0, 0.1) is 0 Å². The molecule has 0 saturated carbocycles. The fourth-order valence-corrected chi connectivity index (χ4v) is 7.60. The highest BCUT2D eigenvalue weighted by Crippen LogP contribution is 2.30. The summed E-state index contributed by atoms with van der Waals surface area (Å²) in [5.41, 5.74) is 0. The van der Waals surface area contributed by atoms with Gasteiger partial charge in [0.2, 0.25) is 5.91 Å². The van der Waals surface area contributed by atoms with Gasteiger partial charge >= 0.3 is 0 Å². The van der Waals surface area contributed by atoms with Crippen LogP contribution in [0.2, 0.25) is 0 Å². The van der Waals surface area contributed by atoms with Crippen LogP contribution >= 0.6 is 0 Å². The van der Waals surface area contributed by atoms with E-state index in [1.807, 2.05) is 6.08 Å². The van der Waals surface area contributed by atoms with Crippen molar-refractivity contribution in [3.05, 3.63) is 48.6 Å². The molecule has 9 N–H and O–H groups in total. The van der Waals surface area contributed by atoms with Crippen molar-refractivity contribution < 1.29 is 64.6 Å². The van der Waals surface area contributed by atoms with Gasteiger partial charge in [0.05, 0.1) is 32.0 Å². The summed E-state index contributed by atoms with van der Waals surface area (Å²) in [5.74, 6) is -0.272. The van der Waals surface area contributed by atoms with Crippen LogP contribution in [0.15, 0.2) is 48.6 Å². The minimum atomic E-state index is -1.79. The number of rotatable bonds is 35. The van der Waals surface area contributed by atoms with Crippen LogP contribution in [0.1, 0.15) is 155 Å². The summed E-state index contributed by atoms with van der Waals surface area (Å²) in [6, 6.07) is -0.928. The molecule has 0 spiro atoms. The van der Waals surface area contributed by atoms with Gasteiger partial charge in [-0.25, -0.2) is 0 Å². The smallest absolute Gasteiger partial charge is 0.220 e. The number of allylic oxidation sites excluding steroid dienone is 7. The van der Waals surface area contributed by atoms with Gasteiger partial charge in [0, 0.05) is 6.42 Å². The summed E-state index contributed by atoms with van der Waals surface area (Å²) in [6.07, 6.45) is 23.0. The maximum atomic E-state index is 13.1. The number of ether oxygens (including phenoxy) is 4. The second kappa shape index (κ2) is 35.2. The first kappa shape index (κ1) is 56.1. The van der Waals surface area contributed by atoms with Crippen molar-refractivity contribution in [2.75, 3.05) is 19.8 Å². The first-order valence-electron chi connectivity index (χ1n) is 23.9.